The molecule has 1 heterocycles. The van der Waals surface area contributed by atoms with Gasteiger partial charge in [0.1, 0.15) is 0 Å². The highest BCUT2D eigenvalue weighted by molar-refractivity contribution is 7.99. The molecule has 0 saturated carbocycles. The van der Waals surface area contributed by atoms with Crippen molar-refractivity contribution in [3.05, 3.63) is 33.9 Å². The second-order valence-corrected chi connectivity index (χ2v) is 6.18. The summed E-state index contributed by atoms with van der Waals surface area (Å²) in [6.07, 6.45) is 1.53. The number of nitrogens with zero attached hydrogens (tertiary/aromatic N) is 1. The molecule has 2 amide bonds. The molecule has 23 heavy (non-hydrogen) atoms. The predicted octanol–water partition coefficient (Wildman–Crippen LogP) is 0.654. The van der Waals surface area contributed by atoms with Crippen molar-refractivity contribution in [2.45, 2.75) is 23.8 Å². The lowest BCUT2D eigenvalue weighted by Crippen LogP contribution is -2.43. The number of nitrogens with one attached hydrogen (secondary N) is 2. The number of amides is 2. The first kappa shape index (κ1) is 17.2. The average Bonchev–Trinajstić information content (AvgIpc) is 2.51. The van der Waals surface area contributed by atoms with E-state index >= 15 is 0 Å². The molecule has 0 aromatic heterocycles. The fourth-order valence-electron chi connectivity index (χ4n) is 2.17. The minimum Gasteiger partial charge on any atom is -0.368 e. The van der Waals surface area contributed by atoms with E-state index in [-0.39, 0.29) is 17.2 Å². The summed E-state index contributed by atoms with van der Waals surface area (Å²) in [6, 6.07) is 3.63. The van der Waals surface area contributed by atoms with Gasteiger partial charge in [0, 0.05) is 29.3 Å². The minimum atomic E-state index is -0.540. The highest BCUT2D eigenvalue weighted by atomic mass is 32.2. The number of nitrogens with two attached hydrogens (primary N) is 1. The number of benzene rings is 1. The number of carbonyl (C=O) groups excluding carboxylic acids is 2. The first-order valence-corrected chi connectivity index (χ1v) is 8.19. The van der Waals surface area contributed by atoms with Crippen molar-refractivity contribution in [2.75, 3.05) is 18.8 Å². The molecule has 1 aliphatic heterocycles. The lowest BCUT2D eigenvalue weighted by atomic mass is 10.2. The molecule has 1 atom stereocenters. The third-order valence-electron chi connectivity index (χ3n) is 3.45. The van der Waals surface area contributed by atoms with E-state index in [1.54, 1.807) is 0 Å². The largest absolute Gasteiger partial charge is 0.368 e. The van der Waals surface area contributed by atoms with Crippen LogP contribution in [0.4, 0.5) is 5.69 Å². The summed E-state index contributed by atoms with van der Waals surface area (Å²) in [6.45, 7) is 1.10. The van der Waals surface area contributed by atoms with E-state index < -0.39 is 16.9 Å². The molecular formula is C14H18N4O4S. The van der Waals surface area contributed by atoms with Crippen LogP contribution in [0.15, 0.2) is 23.1 Å². The van der Waals surface area contributed by atoms with Gasteiger partial charge in [0.2, 0.25) is 5.91 Å². The molecule has 124 valence electrons. The van der Waals surface area contributed by atoms with Crippen LogP contribution < -0.4 is 16.4 Å². The topological polar surface area (TPSA) is 127 Å². The Bertz CT molecular complexity index is 623. The molecule has 1 aromatic carbocycles. The molecule has 1 unspecified atom stereocenters. The van der Waals surface area contributed by atoms with Gasteiger partial charge in [0.15, 0.2) is 0 Å². The Hall–Kier alpha value is -2.13. The highest BCUT2D eigenvalue weighted by Gasteiger charge is 2.20. The summed E-state index contributed by atoms with van der Waals surface area (Å²) in [5.74, 6) is -0.448. The van der Waals surface area contributed by atoms with Crippen molar-refractivity contribution in [1.29, 1.82) is 0 Å². The van der Waals surface area contributed by atoms with E-state index in [0.717, 1.165) is 12.8 Å². The average molecular weight is 338 g/mol. The Kier molecular flexibility index (Phi) is 5.94. The maximum atomic E-state index is 12.3. The fraction of sp³-hybridized carbons (Fsp3) is 0.429. The summed E-state index contributed by atoms with van der Waals surface area (Å²) >= 11 is 1.28. The number of rotatable bonds is 2. The van der Waals surface area contributed by atoms with E-state index in [4.69, 9.17) is 5.73 Å². The zero-order chi connectivity index (χ0) is 16.8. The first-order chi connectivity index (χ1) is 11.0. The van der Waals surface area contributed by atoms with Crippen LogP contribution in [0.5, 0.6) is 0 Å². The molecule has 4 N–H and O–H groups in total. The van der Waals surface area contributed by atoms with E-state index in [0.29, 0.717) is 23.7 Å². The molecule has 1 aromatic rings. The second kappa shape index (κ2) is 7.93. The number of non-ortho nitro benzene ring substituents is 1. The van der Waals surface area contributed by atoms with Crippen LogP contribution in [0.25, 0.3) is 0 Å². The van der Waals surface area contributed by atoms with Crippen molar-refractivity contribution in [3.8, 4) is 0 Å². The highest BCUT2D eigenvalue weighted by Crippen LogP contribution is 2.27. The molecule has 0 aliphatic carbocycles. The number of hydrogen-bond acceptors (Lipinski definition) is 6. The van der Waals surface area contributed by atoms with Crippen LogP contribution >= 0.6 is 11.8 Å². The number of primary amides is 1. The molecule has 1 aliphatic rings. The summed E-state index contributed by atoms with van der Waals surface area (Å²) in [5.41, 5.74) is 5.48. The van der Waals surface area contributed by atoms with Gasteiger partial charge >= 0.3 is 0 Å². The standard InChI is InChI=1S/C14H18N4O4S/c15-13(19)11-8-23-12-4-3-9(18(21)22)7-10(12)14(20)17-6-2-1-5-16-11/h3-4,7,11,16H,1-2,5-6,8H2,(H2,15,19)(H,17,20). The summed E-state index contributed by atoms with van der Waals surface area (Å²) in [5, 5.41) is 16.8. The molecule has 0 bridgehead atoms. The molecular weight excluding hydrogens is 320 g/mol. The van der Waals surface area contributed by atoms with E-state index in [1.165, 1.54) is 30.0 Å². The summed E-state index contributed by atoms with van der Waals surface area (Å²) in [7, 11) is 0. The second-order valence-electron chi connectivity index (χ2n) is 5.12. The van der Waals surface area contributed by atoms with Crippen LogP contribution in [-0.2, 0) is 4.79 Å². The van der Waals surface area contributed by atoms with Crippen LogP contribution in [0.3, 0.4) is 0 Å². The number of thioether (sulfide) groups is 1. The van der Waals surface area contributed by atoms with Crippen molar-refractivity contribution in [2.24, 2.45) is 5.73 Å². The lowest BCUT2D eigenvalue weighted by molar-refractivity contribution is -0.384. The summed E-state index contributed by atoms with van der Waals surface area (Å²) < 4.78 is 0. The van der Waals surface area contributed by atoms with Gasteiger partial charge in [0.25, 0.3) is 11.6 Å². The van der Waals surface area contributed by atoms with Gasteiger partial charge in [-0.25, -0.2) is 0 Å². The molecule has 0 saturated heterocycles. The van der Waals surface area contributed by atoms with Crippen LogP contribution in [-0.4, -0.2) is 41.6 Å². The van der Waals surface area contributed by atoms with Crippen LogP contribution in [0.1, 0.15) is 23.2 Å². The van der Waals surface area contributed by atoms with E-state index in [9.17, 15) is 19.7 Å². The van der Waals surface area contributed by atoms with Crippen molar-refractivity contribution in [3.63, 3.8) is 0 Å². The van der Waals surface area contributed by atoms with Crippen LogP contribution in [0, 0.1) is 10.1 Å². The predicted molar refractivity (Wildman–Crippen MR) is 86.4 cm³/mol. The fourth-order valence-corrected chi connectivity index (χ4v) is 3.27. The monoisotopic (exact) mass is 338 g/mol. The SMILES string of the molecule is NC(=O)C1CSc2ccc([N+](=O)[O-])cc2C(=O)NCCCCN1. The smallest absolute Gasteiger partial charge is 0.270 e. The Labute approximate surface area is 137 Å². The van der Waals surface area contributed by atoms with Gasteiger partial charge < -0.3 is 16.4 Å². The maximum absolute atomic E-state index is 12.3. The zero-order valence-electron chi connectivity index (χ0n) is 12.4. The van der Waals surface area contributed by atoms with Gasteiger partial charge in [-0.2, -0.15) is 0 Å². The first-order valence-electron chi connectivity index (χ1n) is 7.21. The van der Waals surface area contributed by atoms with Gasteiger partial charge in [-0.1, -0.05) is 0 Å². The minimum absolute atomic E-state index is 0.142. The molecule has 8 nitrogen and oxygen atoms in total. The van der Waals surface area contributed by atoms with Gasteiger partial charge in [-0.15, -0.1) is 11.8 Å². The Morgan fingerprint density at radius 2 is 2.09 bits per heavy atom. The number of carbonyl (C=O) groups is 2. The van der Waals surface area contributed by atoms with Crippen molar-refractivity contribution >= 4 is 29.3 Å². The Morgan fingerprint density at radius 3 is 2.78 bits per heavy atom. The van der Waals surface area contributed by atoms with Crippen molar-refractivity contribution < 1.29 is 14.5 Å². The molecule has 0 spiro atoms. The van der Waals surface area contributed by atoms with Gasteiger partial charge in [-0.05, 0) is 25.5 Å². The van der Waals surface area contributed by atoms with E-state index in [1.807, 2.05) is 0 Å². The van der Waals surface area contributed by atoms with E-state index in [2.05, 4.69) is 10.6 Å². The molecule has 2 rings (SSSR count). The number of nitro benzene ring substituents is 1. The lowest BCUT2D eigenvalue weighted by Gasteiger charge is -2.17. The normalized spacial score (nSPS) is 19.7. The molecule has 0 fully saturated rings. The maximum Gasteiger partial charge on any atom is 0.270 e. The Morgan fingerprint density at radius 1 is 1.35 bits per heavy atom. The quantitative estimate of drug-likeness (QED) is 0.537. The third kappa shape index (κ3) is 4.67. The van der Waals surface area contributed by atoms with Crippen molar-refractivity contribution in [1.82, 2.24) is 10.6 Å². The number of hydrogen-bond donors (Lipinski definition) is 3. The number of fused-ring (bicyclic) bond motifs is 1. The third-order valence-corrected chi connectivity index (χ3v) is 4.61. The zero-order valence-corrected chi connectivity index (χ0v) is 13.2. The number of nitro groups is 1. The van der Waals surface area contributed by atoms with Crippen LogP contribution in [0.2, 0.25) is 0 Å². The Balaban J connectivity index is 2.30. The molecule has 0 radical (unpaired) electrons. The van der Waals surface area contributed by atoms with Gasteiger partial charge in [0.05, 0.1) is 16.5 Å². The van der Waals surface area contributed by atoms with Gasteiger partial charge in [-0.3, -0.25) is 19.7 Å². The molecule has 9 heteroatoms. The summed E-state index contributed by atoms with van der Waals surface area (Å²) in [4.78, 5) is 34.7.